The number of hydrogen-bond acceptors (Lipinski definition) is 2. The van der Waals surface area contributed by atoms with Crippen LogP contribution < -0.4 is 4.74 Å². The van der Waals surface area contributed by atoms with Gasteiger partial charge in [0.1, 0.15) is 11.5 Å². The Morgan fingerprint density at radius 2 is 1.45 bits per heavy atom. The Bertz CT molecular complexity index is 600. The molecule has 1 saturated heterocycles. The highest BCUT2D eigenvalue weighted by Gasteiger charge is 2.26. The molecule has 0 unspecified atom stereocenters. The Kier molecular flexibility index (Phi) is 3.86. The zero-order valence-electron chi connectivity index (χ0n) is 13.0. The van der Waals surface area contributed by atoms with Gasteiger partial charge < -0.3 is 9.64 Å². The normalized spacial score (nSPS) is 17.8. The molecule has 0 radical (unpaired) electrons. The minimum atomic E-state index is 0.476. The van der Waals surface area contributed by atoms with Crippen LogP contribution in [0.25, 0.3) is 0 Å². The third kappa shape index (κ3) is 2.64. The maximum absolute atomic E-state index is 6.08. The van der Waals surface area contributed by atoms with Gasteiger partial charge in [-0.25, -0.2) is 0 Å². The largest absolute Gasteiger partial charge is 0.457 e. The second kappa shape index (κ2) is 6.13. The number of para-hydroxylation sites is 2. The molecule has 2 aliphatic rings. The molecule has 1 fully saturated rings. The zero-order valence-corrected chi connectivity index (χ0v) is 13.0. The lowest BCUT2D eigenvalue weighted by Crippen LogP contribution is -2.21. The van der Waals surface area contributed by atoms with E-state index in [1.807, 2.05) is 0 Å². The topological polar surface area (TPSA) is 12.5 Å². The van der Waals surface area contributed by atoms with Gasteiger partial charge in [0.05, 0.1) is 0 Å². The Morgan fingerprint density at radius 1 is 0.864 bits per heavy atom. The van der Waals surface area contributed by atoms with Gasteiger partial charge in [-0.05, 0) is 57.5 Å². The van der Waals surface area contributed by atoms with Gasteiger partial charge in [-0.3, -0.25) is 0 Å². The van der Waals surface area contributed by atoms with E-state index in [1.165, 1.54) is 56.4 Å². The summed E-state index contributed by atoms with van der Waals surface area (Å²) in [4.78, 5) is 2.61. The quantitative estimate of drug-likeness (QED) is 0.803. The Balaban J connectivity index is 1.54. The predicted molar refractivity (Wildman–Crippen MR) is 89.7 cm³/mol. The van der Waals surface area contributed by atoms with Crippen LogP contribution in [0.5, 0.6) is 11.5 Å². The third-order valence-electron chi connectivity index (χ3n) is 4.97. The maximum Gasteiger partial charge on any atom is 0.131 e. The second-order valence-corrected chi connectivity index (χ2v) is 6.42. The molecule has 0 bridgehead atoms. The van der Waals surface area contributed by atoms with Crippen LogP contribution in [0.1, 0.15) is 42.7 Å². The van der Waals surface area contributed by atoms with Crippen molar-refractivity contribution < 1.29 is 4.74 Å². The predicted octanol–water partition coefficient (Wildman–Crippen LogP) is 4.80. The third-order valence-corrected chi connectivity index (χ3v) is 4.97. The molecular weight excluding hydrogens is 270 g/mol. The van der Waals surface area contributed by atoms with Crippen LogP contribution in [0, 0.1) is 0 Å². The van der Waals surface area contributed by atoms with E-state index in [4.69, 9.17) is 4.74 Å². The van der Waals surface area contributed by atoms with Crippen LogP contribution in [0.2, 0.25) is 0 Å². The minimum absolute atomic E-state index is 0.476. The fourth-order valence-electron chi connectivity index (χ4n) is 3.84. The lowest BCUT2D eigenvalue weighted by Gasteiger charge is -2.28. The molecule has 0 atom stereocenters. The van der Waals surface area contributed by atoms with E-state index in [0.717, 1.165) is 11.5 Å². The Labute approximate surface area is 132 Å². The molecule has 0 aliphatic carbocycles. The van der Waals surface area contributed by atoms with E-state index >= 15 is 0 Å². The van der Waals surface area contributed by atoms with Gasteiger partial charge in [0.25, 0.3) is 0 Å². The van der Waals surface area contributed by atoms with E-state index in [1.54, 1.807) is 0 Å². The highest BCUT2D eigenvalue weighted by atomic mass is 16.5. The van der Waals surface area contributed by atoms with Gasteiger partial charge in [-0.1, -0.05) is 36.4 Å². The molecule has 0 spiro atoms. The van der Waals surface area contributed by atoms with E-state index in [0.29, 0.717) is 5.92 Å². The average Bonchev–Trinajstić information content (AvgIpc) is 3.07. The smallest absolute Gasteiger partial charge is 0.131 e. The lowest BCUT2D eigenvalue weighted by molar-refractivity contribution is 0.325. The van der Waals surface area contributed by atoms with Crippen molar-refractivity contribution in [3.8, 4) is 11.5 Å². The maximum atomic E-state index is 6.08. The van der Waals surface area contributed by atoms with E-state index in [9.17, 15) is 0 Å². The van der Waals surface area contributed by atoms with Crippen molar-refractivity contribution in [2.45, 2.75) is 31.6 Å². The highest BCUT2D eigenvalue weighted by Crippen LogP contribution is 2.45. The molecule has 0 amide bonds. The summed E-state index contributed by atoms with van der Waals surface area (Å²) in [6.07, 6.45) is 5.22. The van der Waals surface area contributed by atoms with Crippen molar-refractivity contribution in [1.29, 1.82) is 0 Å². The van der Waals surface area contributed by atoms with E-state index < -0.39 is 0 Å². The summed E-state index contributed by atoms with van der Waals surface area (Å²) in [6.45, 7) is 3.82. The molecule has 2 heteroatoms. The number of fused-ring (bicyclic) bond motifs is 2. The van der Waals surface area contributed by atoms with Crippen molar-refractivity contribution in [3.63, 3.8) is 0 Å². The standard InChI is InChI=1S/C20H23NO/c1-3-11-19-17(8-1)16(10-7-15-21-13-5-6-14-21)18-9-2-4-12-20(18)22-19/h1-4,8-9,11-12,16H,5-7,10,13-15H2. The second-order valence-electron chi connectivity index (χ2n) is 6.42. The molecule has 0 N–H and O–H groups in total. The summed E-state index contributed by atoms with van der Waals surface area (Å²) in [7, 11) is 0. The first-order chi connectivity index (χ1) is 10.9. The average molecular weight is 293 g/mol. The van der Waals surface area contributed by atoms with Crippen LogP contribution in [-0.2, 0) is 0 Å². The fraction of sp³-hybridized carbons (Fsp3) is 0.400. The van der Waals surface area contributed by atoms with Crippen molar-refractivity contribution in [2.24, 2.45) is 0 Å². The summed E-state index contributed by atoms with van der Waals surface area (Å²) >= 11 is 0. The van der Waals surface area contributed by atoms with Gasteiger partial charge in [0.2, 0.25) is 0 Å². The van der Waals surface area contributed by atoms with Gasteiger partial charge in [-0.15, -0.1) is 0 Å². The first-order valence-corrected chi connectivity index (χ1v) is 8.50. The van der Waals surface area contributed by atoms with Crippen molar-refractivity contribution in [1.82, 2.24) is 4.90 Å². The SMILES string of the molecule is c1ccc2c(c1)Oc1ccccc1C2CCCN1CCCC1. The highest BCUT2D eigenvalue weighted by molar-refractivity contribution is 5.53. The number of ether oxygens (including phenoxy) is 1. The van der Waals surface area contributed by atoms with Gasteiger partial charge >= 0.3 is 0 Å². The minimum Gasteiger partial charge on any atom is -0.457 e. The molecule has 0 saturated carbocycles. The lowest BCUT2D eigenvalue weighted by atomic mass is 9.84. The molecular formula is C20H23NO. The number of rotatable bonds is 4. The molecule has 114 valence electrons. The van der Waals surface area contributed by atoms with Crippen molar-refractivity contribution in [3.05, 3.63) is 59.7 Å². The zero-order chi connectivity index (χ0) is 14.8. The first-order valence-electron chi connectivity index (χ1n) is 8.50. The summed E-state index contributed by atoms with van der Waals surface area (Å²) in [5, 5.41) is 0. The van der Waals surface area contributed by atoms with Crippen LogP contribution in [0.3, 0.4) is 0 Å². The number of hydrogen-bond donors (Lipinski definition) is 0. The van der Waals surface area contributed by atoms with Crippen molar-refractivity contribution in [2.75, 3.05) is 19.6 Å². The summed E-state index contributed by atoms with van der Waals surface area (Å²) in [6, 6.07) is 17.0. The molecule has 2 aliphatic heterocycles. The van der Waals surface area contributed by atoms with Crippen LogP contribution in [0.15, 0.2) is 48.5 Å². The molecule has 0 aromatic heterocycles. The van der Waals surface area contributed by atoms with Crippen LogP contribution in [0.4, 0.5) is 0 Å². The number of benzene rings is 2. The fourth-order valence-corrected chi connectivity index (χ4v) is 3.84. The summed E-state index contributed by atoms with van der Waals surface area (Å²) < 4.78 is 6.08. The van der Waals surface area contributed by atoms with E-state index in [2.05, 4.69) is 53.4 Å². The molecule has 22 heavy (non-hydrogen) atoms. The molecule has 2 heterocycles. The van der Waals surface area contributed by atoms with Crippen molar-refractivity contribution >= 4 is 0 Å². The molecule has 2 nitrogen and oxygen atoms in total. The van der Waals surface area contributed by atoms with Gasteiger partial charge in [-0.2, -0.15) is 0 Å². The first kappa shape index (κ1) is 13.8. The van der Waals surface area contributed by atoms with E-state index in [-0.39, 0.29) is 0 Å². The summed E-state index contributed by atoms with van der Waals surface area (Å²) in [5.41, 5.74) is 2.70. The van der Waals surface area contributed by atoms with Gasteiger partial charge in [0.15, 0.2) is 0 Å². The van der Waals surface area contributed by atoms with Crippen LogP contribution >= 0.6 is 0 Å². The number of likely N-dealkylation sites (tertiary alicyclic amines) is 1. The Morgan fingerprint density at radius 3 is 2.09 bits per heavy atom. The summed E-state index contributed by atoms with van der Waals surface area (Å²) in [5.74, 6) is 2.54. The number of nitrogens with zero attached hydrogens (tertiary/aromatic N) is 1. The monoisotopic (exact) mass is 293 g/mol. The Hall–Kier alpha value is -1.80. The van der Waals surface area contributed by atoms with Crippen LogP contribution in [-0.4, -0.2) is 24.5 Å². The van der Waals surface area contributed by atoms with Gasteiger partial charge in [0, 0.05) is 17.0 Å². The molecule has 2 aromatic carbocycles. The molecule has 2 aromatic rings. The molecule has 4 rings (SSSR count).